The summed E-state index contributed by atoms with van der Waals surface area (Å²) in [5.74, 6) is -0.734. The van der Waals surface area contributed by atoms with Gasteiger partial charge in [-0.3, -0.25) is 19.2 Å². The number of rotatable bonds is 4. The van der Waals surface area contributed by atoms with Crippen LogP contribution in [0.5, 0.6) is 0 Å². The van der Waals surface area contributed by atoms with Gasteiger partial charge in [0, 0.05) is 93.8 Å². The number of piperidine rings is 1. The molecule has 0 bridgehead atoms. The van der Waals surface area contributed by atoms with Gasteiger partial charge in [-0.2, -0.15) is 5.26 Å². The number of aromatic nitrogens is 3. The molecule has 3 aliphatic rings. The van der Waals surface area contributed by atoms with E-state index in [4.69, 9.17) is 21.0 Å². The number of Topliss-reactive ketones (excluding diaryl/α,β-unsaturated/α-hetero) is 1. The molecule has 0 spiro atoms. The van der Waals surface area contributed by atoms with E-state index in [1.165, 1.54) is 49.7 Å². The zero-order valence-electron chi connectivity index (χ0n) is 40.0. The predicted molar refractivity (Wildman–Crippen MR) is 295 cm³/mol. The summed E-state index contributed by atoms with van der Waals surface area (Å²) in [4.78, 5) is 65.3. The van der Waals surface area contributed by atoms with Crippen molar-refractivity contribution in [3.8, 4) is 27.2 Å². The number of esters is 2. The number of hydrogen-bond acceptors (Lipinski definition) is 18. The number of carbonyl (C=O) groups is 4. The number of hydrogen-bond donors (Lipinski definition) is 2. The van der Waals surface area contributed by atoms with Crippen molar-refractivity contribution < 1.29 is 23.9 Å². The zero-order valence-corrected chi connectivity index (χ0v) is 44.1. The van der Waals surface area contributed by atoms with Crippen molar-refractivity contribution in [2.45, 2.75) is 73.4 Å². The third-order valence-electron chi connectivity index (χ3n) is 11.2. The molecule has 3 N–H and O–H groups in total. The third-order valence-corrected chi connectivity index (χ3v) is 16.6. The van der Waals surface area contributed by atoms with Crippen LogP contribution >= 0.6 is 56.7 Å². The van der Waals surface area contributed by atoms with Gasteiger partial charge in [-0.05, 0) is 81.5 Å². The van der Waals surface area contributed by atoms with E-state index in [0.717, 1.165) is 117 Å². The summed E-state index contributed by atoms with van der Waals surface area (Å²) in [6.45, 7) is 9.93. The largest absolute Gasteiger partial charge is 0.394 e. The van der Waals surface area contributed by atoms with E-state index in [0.29, 0.717) is 12.2 Å². The van der Waals surface area contributed by atoms with Crippen molar-refractivity contribution >= 4 is 121 Å². The molecule has 0 atom stereocenters. The van der Waals surface area contributed by atoms with E-state index in [9.17, 15) is 19.2 Å². The number of thiophene rings is 2. The van der Waals surface area contributed by atoms with Gasteiger partial charge in [-0.25, -0.2) is 15.0 Å². The van der Waals surface area contributed by atoms with Crippen LogP contribution in [0.1, 0.15) is 66.9 Å². The second-order valence-corrected chi connectivity index (χ2v) is 22.3. The fourth-order valence-electron chi connectivity index (χ4n) is 7.88. The van der Waals surface area contributed by atoms with E-state index < -0.39 is 11.9 Å². The quantitative estimate of drug-likeness (QED) is 0.125. The fraction of sp³-hybridized carbons (Fsp3) is 0.346. The first-order chi connectivity index (χ1) is 33.6. The molecule has 3 aliphatic heterocycles. The van der Waals surface area contributed by atoms with Gasteiger partial charge in [0.1, 0.15) is 25.8 Å². The van der Waals surface area contributed by atoms with E-state index in [2.05, 4.69) is 74.2 Å². The Morgan fingerprint density at radius 3 is 1.55 bits per heavy atom. The van der Waals surface area contributed by atoms with Gasteiger partial charge >= 0.3 is 11.9 Å². The smallest absolute Gasteiger partial charge is 0.310 e. The molecule has 71 heavy (non-hydrogen) atoms. The first-order valence-corrected chi connectivity index (χ1v) is 26.8. The number of amides is 1. The monoisotopic (exact) mass is 1050 g/mol. The van der Waals surface area contributed by atoms with Crippen LogP contribution in [0.25, 0.3) is 51.8 Å². The topological polar surface area (TPSA) is 188 Å². The van der Waals surface area contributed by atoms with E-state index in [1.807, 2.05) is 55.6 Å². The lowest BCUT2D eigenvalue weighted by Crippen LogP contribution is -2.29. The second kappa shape index (κ2) is 25.5. The number of benzene rings is 3. The van der Waals surface area contributed by atoms with Crippen molar-refractivity contribution in [1.82, 2.24) is 29.7 Å². The fourth-order valence-corrected chi connectivity index (χ4v) is 13.6. The molecule has 11 rings (SSSR count). The first kappa shape index (κ1) is 54.5. The number of nitrogen functional groups attached to an aromatic ring is 1. The number of nitrogens with one attached hydrogen (secondary N) is 1. The molecule has 0 saturated carbocycles. The molecule has 0 aliphatic carbocycles. The van der Waals surface area contributed by atoms with E-state index in [1.54, 1.807) is 63.6 Å². The standard InChI is InChI=1S/C17H17N3OS2.C15H15N3S2.C9H6N2S.C6H11NO.C4H6O3.CH4/c1-10(21)18-16-15(11-7-8-20(2)9-14(11)23-16)17-19-12-5-3-4-6-13(12)22-17;1-18-7-6-9-12(8-18)19-14(16)13(9)15-17-10-4-2-3-5-11(10)20-15;10-6-5-9-11-7-3-1-2-4-8(7)12-9;1-7-4-2-6(8)3-5-7;1-3(5)7-4(2)6;/h3-6H,7-9H2,1-2H3,(H,18,21);2-5H,6-8,16H2,1H3;1-4H,5H2;2-5H2,1H3;1-2H3;1H4. The Hall–Kier alpha value is -5.82. The highest BCUT2D eigenvalue weighted by Gasteiger charge is 2.27. The van der Waals surface area contributed by atoms with Gasteiger partial charge in [0.25, 0.3) is 0 Å². The van der Waals surface area contributed by atoms with Crippen molar-refractivity contribution in [2.24, 2.45) is 0 Å². The molecule has 5 aromatic heterocycles. The lowest BCUT2D eigenvalue weighted by molar-refractivity contribution is -0.156. The van der Waals surface area contributed by atoms with E-state index >= 15 is 0 Å². The summed E-state index contributed by atoms with van der Waals surface area (Å²) in [6.07, 6.45) is 4.02. The summed E-state index contributed by atoms with van der Waals surface area (Å²) in [5.41, 5.74) is 14.5. The molecule has 3 aromatic carbocycles. The molecule has 0 radical (unpaired) electrons. The molecular weight excluding hydrogens is 991 g/mol. The van der Waals surface area contributed by atoms with Gasteiger partial charge < -0.3 is 30.5 Å². The minimum Gasteiger partial charge on any atom is -0.394 e. The van der Waals surface area contributed by atoms with Crippen LogP contribution in [0, 0.1) is 11.3 Å². The Bertz CT molecular complexity index is 3060. The van der Waals surface area contributed by atoms with Gasteiger partial charge in [0.2, 0.25) is 5.91 Å². The number of thiazole rings is 3. The summed E-state index contributed by atoms with van der Waals surface area (Å²) in [7, 11) is 6.35. The van der Waals surface area contributed by atoms with Crippen LogP contribution in [0.15, 0.2) is 72.8 Å². The number of carbonyl (C=O) groups excluding carboxylic acids is 4. The predicted octanol–water partition coefficient (Wildman–Crippen LogP) is 10.9. The van der Waals surface area contributed by atoms with Crippen LogP contribution in [0.3, 0.4) is 0 Å². The maximum absolute atomic E-state index is 11.6. The van der Waals surface area contributed by atoms with Crippen molar-refractivity contribution in [3.05, 3.63) is 98.7 Å². The molecule has 372 valence electrons. The number of anilines is 2. The number of likely N-dealkylation sites (tertiary alicyclic amines) is 1. The van der Waals surface area contributed by atoms with Crippen LogP contribution in [-0.4, -0.2) is 101 Å². The molecule has 8 heterocycles. The van der Waals surface area contributed by atoms with Gasteiger partial charge in [-0.1, -0.05) is 43.8 Å². The Labute approximate surface area is 434 Å². The molecule has 1 fully saturated rings. The average Bonchev–Trinajstić information content (AvgIpc) is 4.15. The number of likely N-dealkylation sites (N-methyl/N-ethyl adjacent to an activating group) is 2. The van der Waals surface area contributed by atoms with Crippen LogP contribution in [-0.2, 0) is 56.3 Å². The SMILES string of the molecule is C.CC(=O)Nc1sc2c(c1-c1nc3ccccc3s1)CCN(C)C2.CC(=O)OC(C)=O.CN1CCC(=O)CC1.CN1CCc2c(sc(N)c2-c2nc3ccccc3s2)C1.N#CCc1nc2ccccc2s1. The number of ether oxygens (including phenoxy) is 1. The third kappa shape index (κ3) is 14.6. The number of nitrogens with two attached hydrogens (primary N) is 1. The number of ketones is 1. The van der Waals surface area contributed by atoms with Crippen LogP contribution in [0.4, 0.5) is 10.0 Å². The van der Waals surface area contributed by atoms with Gasteiger partial charge in [-0.15, -0.1) is 56.7 Å². The lowest BCUT2D eigenvalue weighted by atomic mass is 10.0. The summed E-state index contributed by atoms with van der Waals surface area (Å²) < 4.78 is 7.54. The highest BCUT2D eigenvalue weighted by molar-refractivity contribution is 7.23. The highest BCUT2D eigenvalue weighted by atomic mass is 32.1. The Morgan fingerprint density at radius 1 is 0.648 bits per heavy atom. The molecule has 1 amide bonds. The lowest BCUT2D eigenvalue weighted by Gasteiger charge is -2.22. The molecule has 19 heteroatoms. The maximum Gasteiger partial charge on any atom is 0.310 e. The molecule has 8 aromatic rings. The Kier molecular flexibility index (Phi) is 19.6. The Balaban J connectivity index is 0.000000156. The second-order valence-electron chi connectivity index (χ2n) is 16.9. The number of para-hydroxylation sites is 3. The van der Waals surface area contributed by atoms with Crippen molar-refractivity contribution in [2.75, 3.05) is 58.4 Å². The Morgan fingerprint density at radius 2 is 1.10 bits per heavy atom. The average molecular weight is 1050 g/mol. The summed E-state index contributed by atoms with van der Waals surface area (Å²) >= 11 is 8.45. The van der Waals surface area contributed by atoms with Gasteiger partial charge in [0.05, 0.1) is 48.1 Å². The number of nitrogens with zero attached hydrogens (tertiary/aromatic N) is 7. The number of fused-ring (bicyclic) bond motifs is 5. The van der Waals surface area contributed by atoms with Gasteiger partial charge in [0.15, 0.2) is 0 Å². The van der Waals surface area contributed by atoms with Crippen LogP contribution in [0.2, 0.25) is 0 Å². The normalized spacial score (nSPS) is 14.4. The van der Waals surface area contributed by atoms with Crippen molar-refractivity contribution in [3.63, 3.8) is 0 Å². The first-order valence-electron chi connectivity index (χ1n) is 22.7. The summed E-state index contributed by atoms with van der Waals surface area (Å²) in [5, 5.41) is 16.3. The molecule has 1 saturated heterocycles. The number of nitriles is 1. The summed E-state index contributed by atoms with van der Waals surface area (Å²) in [6, 6.07) is 26.5. The minimum absolute atomic E-state index is 0. The van der Waals surface area contributed by atoms with E-state index in [-0.39, 0.29) is 13.3 Å². The molecule has 0 unspecified atom stereocenters. The zero-order chi connectivity index (χ0) is 49.9. The van der Waals surface area contributed by atoms with Crippen molar-refractivity contribution in [1.29, 1.82) is 5.26 Å². The van der Waals surface area contributed by atoms with Crippen LogP contribution < -0.4 is 11.1 Å². The highest BCUT2D eigenvalue weighted by Crippen LogP contribution is 2.46. The minimum atomic E-state index is -0.562. The maximum atomic E-state index is 11.6. The molecular formula is C52H59N9O5S5. The molecule has 14 nitrogen and oxygen atoms in total.